The van der Waals surface area contributed by atoms with Crippen LogP contribution >= 0.6 is 15.9 Å². The topological polar surface area (TPSA) is 54.9 Å². The summed E-state index contributed by atoms with van der Waals surface area (Å²) in [6.45, 7) is 0.693. The third kappa shape index (κ3) is 2.40. The smallest absolute Gasteiger partial charge is 0.299 e. The van der Waals surface area contributed by atoms with Gasteiger partial charge in [0.2, 0.25) is 0 Å². The monoisotopic (exact) mass is 272 g/mol. The van der Waals surface area contributed by atoms with E-state index in [1.165, 1.54) is 19.3 Å². The van der Waals surface area contributed by atoms with Gasteiger partial charge in [-0.25, -0.2) is 4.79 Å². The highest BCUT2D eigenvalue weighted by molar-refractivity contribution is 9.10. The van der Waals surface area contributed by atoms with Crippen LogP contribution in [0.25, 0.3) is 0 Å². The fourth-order valence-electron chi connectivity index (χ4n) is 1.75. The molecule has 0 amide bonds. The van der Waals surface area contributed by atoms with E-state index in [9.17, 15) is 9.59 Å². The van der Waals surface area contributed by atoms with Crippen molar-refractivity contribution < 1.29 is 0 Å². The Morgan fingerprint density at radius 3 is 2.80 bits per heavy atom. The number of aromatic amines is 1. The molecule has 0 unspecified atom stereocenters. The number of aryl methyl sites for hydroxylation is 1. The first-order chi connectivity index (χ1) is 7.16. The molecule has 0 aromatic carbocycles. The van der Waals surface area contributed by atoms with Crippen molar-refractivity contribution in [3.05, 3.63) is 31.5 Å². The summed E-state index contributed by atoms with van der Waals surface area (Å²) in [5.41, 5.74) is -0.678. The van der Waals surface area contributed by atoms with E-state index in [1.54, 1.807) is 10.8 Å². The molecule has 2 rings (SSSR count). The van der Waals surface area contributed by atoms with Crippen LogP contribution in [0.4, 0.5) is 0 Å². The zero-order valence-electron chi connectivity index (χ0n) is 8.33. The lowest BCUT2D eigenvalue weighted by atomic mass is 9.83. The number of nitrogens with zero attached hydrogens (tertiary/aromatic N) is 1. The third-order valence-electron chi connectivity index (χ3n) is 2.97. The summed E-state index contributed by atoms with van der Waals surface area (Å²) in [4.78, 5) is 24.8. The first-order valence-electron chi connectivity index (χ1n) is 5.16. The second-order valence-corrected chi connectivity index (χ2v) is 4.87. The molecule has 4 nitrogen and oxygen atoms in total. The van der Waals surface area contributed by atoms with Crippen LogP contribution in [0.15, 0.2) is 20.3 Å². The zero-order valence-corrected chi connectivity index (χ0v) is 9.92. The number of hydrogen-bond acceptors (Lipinski definition) is 2. The van der Waals surface area contributed by atoms with Crippen LogP contribution in [0.2, 0.25) is 0 Å². The fraction of sp³-hybridized carbons (Fsp3) is 0.600. The van der Waals surface area contributed by atoms with Crippen LogP contribution in [-0.2, 0) is 6.54 Å². The van der Waals surface area contributed by atoms with Gasteiger partial charge in [0.05, 0.1) is 4.47 Å². The number of hydrogen-bond donors (Lipinski definition) is 1. The van der Waals surface area contributed by atoms with Crippen LogP contribution < -0.4 is 11.2 Å². The molecule has 0 saturated heterocycles. The molecule has 0 aliphatic heterocycles. The van der Waals surface area contributed by atoms with Crippen LogP contribution in [0.1, 0.15) is 25.7 Å². The maximum atomic E-state index is 11.4. The van der Waals surface area contributed by atoms with E-state index in [2.05, 4.69) is 20.9 Å². The Morgan fingerprint density at radius 2 is 2.20 bits per heavy atom. The van der Waals surface area contributed by atoms with E-state index >= 15 is 0 Å². The van der Waals surface area contributed by atoms with Crippen molar-refractivity contribution in [1.82, 2.24) is 9.55 Å². The largest absolute Gasteiger partial charge is 0.328 e. The lowest BCUT2D eigenvalue weighted by Gasteiger charge is -2.25. The molecule has 1 aliphatic carbocycles. The van der Waals surface area contributed by atoms with Gasteiger partial charge in [-0.05, 0) is 28.3 Å². The van der Waals surface area contributed by atoms with Gasteiger partial charge in [0, 0.05) is 12.7 Å². The van der Waals surface area contributed by atoms with Crippen molar-refractivity contribution in [1.29, 1.82) is 0 Å². The Labute approximate surface area is 95.5 Å². The number of nitrogens with one attached hydrogen (secondary N) is 1. The van der Waals surface area contributed by atoms with Gasteiger partial charge < -0.3 is 0 Å². The van der Waals surface area contributed by atoms with Crippen molar-refractivity contribution in [2.45, 2.75) is 32.2 Å². The van der Waals surface area contributed by atoms with E-state index in [-0.39, 0.29) is 11.2 Å². The highest BCUT2D eigenvalue weighted by atomic mass is 79.9. The zero-order chi connectivity index (χ0) is 10.8. The molecule has 1 aromatic heterocycles. The molecule has 82 valence electrons. The number of halogens is 1. The average molecular weight is 273 g/mol. The summed E-state index contributed by atoms with van der Waals surface area (Å²) in [5, 5.41) is 0. The van der Waals surface area contributed by atoms with Crippen molar-refractivity contribution >= 4 is 15.9 Å². The van der Waals surface area contributed by atoms with Gasteiger partial charge in [0.25, 0.3) is 5.56 Å². The van der Waals surface area contributed by atoms with Gasteiger partial charge in [-0.1, -0.05) is 19.3 Å². The van der Waals surface area contributed by atoms with Gasteiger partial charge in [-0.15, -0.1) is 0 Å². The molecule has 0 spiro atoms. The van der Waals surface area contributed by atoms with Crippen LogP contribution in [0, 0.1) is 5.92 Å². The standard InChI is InChI=1S/C10H13BrN2O2/c11-8-6-13(10(15)12-9(8)14)5-4-7-2-1-3-7/h6-7H,1-5H2,(H,12,14,15). The molecule has 0 bridgehead atoms. The molecule has 5 heteroatoms. The summed E-state index contributed by atoms with van der Waals surface area (Å²) < 4.78 is 1.97. The quantitative estimate of drug-likeness (QED) is 0.907. The molecule has 1 fully saturated rings. The van der Waals surface area contributed by atoms with Crippen LogP contribution in [-0.4, -0.2) is 9.55 Å². The molecule has 1 aromatic rings. The average Bonchev–Trinajstić information content (AvgIpc) is 2.11. The molecule has 1 heterocycles. The Balaban J connectivity index is 2.10. The molecular weight excluding hydrogens is 260 g/mol. The fourth-order valence-corrected chi connectivity index (χ4v) is 2.10. The number of rotatable bonds is 3. The summed E-state index contributed by atoms with van der Waals surface area (Å²) in [7, 11) is 0. The van der Waals surface area contributed by atoms with Gasteiger partial charge in [-0.3, -0.25) is 14.3 Å². The minimum Gasteiger partial charge on any atom is -0.299 e. The highest BCUT2D eigenvalue weighted by Crippen LogP contribution is 2.29. The van der Waals surface area contributed by atoms with Gasteiger partial charge in [0.15, 0.2) is 0 Å². The SMILES string of the molecule is O=c1[nH]c(=O)n(CCC2CCC2)cc1Br. The number of H-pyrrole nitrogens is 1. The van der Waals surface area contributed by atoms with Crippen molar-refractivity contribution in [2.75, 3.05) is 0 Å². The molecule has 1 saturated carbocycles. The Bertz CT molecular complexity index is 459. The van der Waals surface area contributed by atoms with E-state index in [4.69, 9.17) is 0 Å². The second kappa shape index (κ2) is 4.35. The van der Waals surface area contributed by atoms with Crippen molar-refractivity contribution in [2.24, 2.45) is 5.92 Å². The Kier molecular flexibility index (Phi) is 3.09. The summed E-state index contributed by atoms with van der Waals surface area (Å²) in [6, 6.07) is 0. The van der Waals surface area contributed by atoms with E-state index in [0.29, 0.717) is 11.0 Å². The van der Waals surface area contributed by atoms with E-state index < -0.39 is 0 Å². The summed E-state index contributed by atoms with van der Waals surface area (Å²) in [6.07, 6.45) is 6.46. The Morgan fingerprint density at radius 1 is 1.47 bits per heavy atom. The molecule has 1 N–H and O–H groups in total. The second-order valence-electron chi connectivity index (χ2n) is 4.02. The first-order valence-corrected chi connectivity index (χ1v) is 5.95. The third-order valence-corrected chi connectivity index (χ3v) is 3.54. The lowest BCUT2D eigenvalue weighted by molar-refractivity contribution is 0.280. The predicted octanol–water partition coefficient (Wildman–Crippen LogP) is 1.49. The predicted molar refractivity (Wildman–Crippen MR) is 61.0 cm³/mol. The van der Waals surface area contributed by atoms with Crippen LogP contribution in [0.5, 0.6) is 0 Å². The van der Waals surface area contributed by atoms with Gasteiger partial charge in [0.1, 0.15) is 0 Å². The van der Waals surface area contributed by atoms with Gasteiger partial charge >= 0.3 is 5.69 Å². The Hall–Kier alpha value is -0.840. The molecule has 15 heavy (non-hydrogen) atoms. The molecule has 0 atom stereocenters. The van der Waals surface area contributed by atoms with Crippen molar-refractivity contribution in [3.63, 3.8) is 0 Å². The summed E-state index contributed by atoms with van der Waals surface area (Å²) in [5.74, 6) is 0.766. The minimum absolute atomic E-state index is 0.317. The molecular formula is C10H13BrN2O2. The van der Waals surface area contributed by atoms with Crippen molar-refractivity contribution in [3.8, 4) is 0 Å². The molecule has 1 aliphatic rings. The normalized spacial score (nSPS) is 16.3. The van der Waals surface area contributed by atoms with E-state index in [1.807, 2.05) is 0 Å². The lowest BCUT2D eigenvalue weighted by Crippen LogP contribution is -2.30. The minimum atomic E-state index is -0.361. The van der Waals surface area contributed by atoms with Gasteiger partial charge in [-0.2, -0.15) is 0 Å². The highest BCUT2D eigenvalue weighted by Gasteiger charge is 2.17. The summed E-state index contributed by atoms with van der Waals surface area (Å²) >= 11 is 3.11. The maximum absolute atomic E-state index is 11.4. The maximum Gasteiger partial charge on any atom is 0.328 e. The molecule has 0 radical (unpaired) electrons. The first kappa shape index (κ1) is 10.7. The number of aromatic nitrogens is 2. The van der Waals surface area contributed by atoms with Crippen LogP contribution in [0.3, 0.4) is 0 Å². The van der Waals surface area contributed by atoms with E-state index in [0.717, 1.165) is 12.3 Å².